The molecule has 0 aromatic heterocycles. The van der Waals surface area contributed by atoms with Crippen LogP contribution in [0.15, 0.2) is 42.5 Å². The standard InChI is InChI=1S/C15H14ClNO/c1-10-8-11(2-7-14(10)17)9-15(18)12-3-5-13(16)6-4-12/h2-8H,9,17H2,1H3. The fourth-order valence-electron chi connectivity index (χ4n) is 1.77. The number of ketones is 1. The topological polar surface area (TPSA) is 43.1 Å². The second kappa shape index (κ2) is 5.23. The molecule has 0 unspecified atom stereocenters. The number of benzene rings is 2. The number of Topliss-reactive ketones (excluding diaryl/α,β-unsaturated/α-hetero) is 1. The maximum atomic E-state index is 12.0. The number of carbonyl (C=O) groups excluding carboxylic acids is 1. The number of rotatable bonds is 3. The maximum absolute atomic E-state index is 12.0. The molecular formula is C15H14ClNO. The summed E-state index contributed by atoms with van der Waals surface area (Å²) in [6, 6.07) is 12.6. The fraction of sp³-hybridized carbons (Fsp3) is 0.133. The molecule has 92 valence electrons. The Morgan fingerprint density at radius 2 is 1.83 bits per heavy atom. The summed E-state index contributed by atoms with van der Waals surface area (Å²) >= 11 is 5.79. The third-order valence-corrected chi connectivity index (χ3v) is 3.12. The molecule has 0 saturated carbocycles. The van der Waals surface area contributed by atoms with Crippen molar-refractivity contribution in [3.63, 3.8) is 0 Å². The molecule has 2 N–H and O–H groups in total. The van der Waals surface area contributed by atoms with E-state index in [1.54, 1.807) is 24.3 Å². The zero-order valence-electron chi connectivity index (χ0n) is 10.1. The van der Waals surface area contributed by atoms with Crippen LogP contribution < -0.4 is 5.73 Å². The highest BCUT2D eigenvalue weighted by atomic mass is 35.5. The average Bonchev–Trinajstić information content (AvgIpc) is 2.34. The number of carbonyl (C=O) groups is 1. The van der Waals surface area contributed by atoms with Crippen LogP contribution in [0.5, 0.6) is 0 Å². The molecule has 2 nitrogen and oxygen atoms in total. The molecule has 0 atom stereocenters. The second-order valence-electron chi connectivity index (χ2n) is 4.30. The lowest BCUT2D eigenvalue weighted by Crippen LogP contribution is -2.04. The van der Waals surface area contributed by atoms with E-state index < -0.39 is 0 Å². The predicted molar refractivity (Wildman–Crippen MR) is 75.1 cm³/mol. The summed E-state index contributed by atoms with van der Waals surface area (Å²) in [6.45, 7) is 1.94. The summed E-state index contributed by atoms with van der Waals surface area (Å²) < 4.78 is 0. The van der Waals surface area contributed by atoms with Crippen LogP contribution in [0.1, 0.15) is 21.5 Å². The lowest BCUT2D eigenvalue weighted by molar-refractivity contribution is 0.0993. The molecule has 2 aromatic carbocycles. The van der Waals surface area contributed by atoms with Crippen molar-refractivity contribution >= 4 is 23.1 Å². The van der Waals surface area contributed by atoms with Crippen LogP contribution in [0, 0.1) is 6.92 Å². The van der Waals surface area contributed by atoms with Gasteiger partial charge in [0.1, 0.15) is 0 Å². The van der Waals surface area contributed by atoms with Gasteiger partial charge >= 0.3 is 0 Å². The number of anilines is 1. The molecule has 0 saturated heterocycles. The maximum Gasteiger partial charge on any atom is 0.167 e. The van der Waals surface area contributed by atoms with Gasteiger partial charge in [-0.25, -0.2) is 0 Å². The Balaban J connectivity index is 2.16. The van der Waals surface area contributed by atoms with Gasteiger partial charge in [-0.15, -0.1) is 0 Å². The average molecular weight is 260 g/mol. The molecule has 0 aliphatic rings. The molecule has 0 bridgehead atoms. The Labute approximate surface area is 111 Å². The second-order valence-corrected chi connectivity index (χ2v) is 4.73. The molecule has 3 heteroatoms. The Hall–Kier alpha value is -1.80. The summed E-state index contributed by atoms with van der Waals surface area (Å²) in [5.74, 6) is 0.0795. The summed E-state index contributed by atoms with van der Waals surface area (Å²) in [5, 5.41) is 0.634. The van der Waals surface area contributed by atoms with E-state index in [0.717, 1.165) is 16.8 Å². The molecule has 0 heterocycles. The Bertz CT molecular complexity index is 576. The van der Waals surface area contributed by atoms with Crippen molar-refractivity contribution in [2.45, 2.75) is 13.3 Å². The van der Waals surface area contributed by atoms with E-state index in [4.69, 9.17) is 17.3 Å². The third-order valence-electron chi connectivity index (χ3n) is 2.87. The van der Waals surface area contributed by atoms with Crippen LogP contribution in [0.25, 0.3) is 0 Å². The van der Waals surface area contributed by atoms with Gasteiger partial charge in [0.2, 0.25) is 0 Å². The quantitative estimate of drug-likeness (QED) is 0.675. The van der Waals surface area contributed by atoms with Crippen molar-refractivity contribution in [2.24, 2.45) is 0 Å². The lowest BCUT2D eigenvalue weighted by Gasteiger charge is -2.05. The highest BCUT2D eigenvalue weighted by molar-refractivity contribution is 6.30. The number of aryl methyl sites for hydroxylation is 1. The zero-order chi connectivity index (χ0) is 13.1. The molecule has 0 spiro atoms. The van der Waals surface area contributed by atoms with Gasteiger partial charge in [-0.05, 0) is 48.4 Å². The van der Waals surface area contributed by atoms with Gasteiger partial charge in [-0.1, -0.05) is 23.7 Å². The number of nitrogen functional groups attached to an aromatic ring is 1. The minimum absolute atomic E-state index is 0.0795. The smallest absolute Gasteiger partial charge is 0.167 e. The van der Waals surface area contributed by atoms with Gasteiger partial charge in [0, 0.05) is 22.7 Å². The summed E-state index contributed by atoms with van der Waals surface area (Å²) in [4.78, 5) is 12.0. The monoisotopic (exact) mass is 259 g/mol. The van der Waals surface area contributed by atoms with Gasteiger partial charge in [-0.3, -0.25) is 4.79 Å². The normalized spacial score (nSPS) is 10.3. The van der Waals surface area contributed by atoms with Crippen LogP contribution in [0.2, 0.25) is 5.02 Å². The highest BCUT2D eigenvalue weighted by Gasteiger charge is 2.07. The Kier molecular flexibility index (Phi) is 3.68. The van der Waals surface area contributed by atoms with Crippen LogP contribution >= 0.6 is 11.6 Å². The number of hydrogen-bond donors (Lipinski definition) is 1. The van der Waals surface area contributed by atoms with E-state index in [1.807, 2.05) is 25.1 Å². The summed E-state index contributed by atoms with van der Waals surface area (Å²) in [6.07, 6.45) is 0.378. The van der Waals surface area contributed by atoms with Crippen LogP contribution in [-0.4, -0.2) is 5.78 Å². The van der Waals surface area contributed by atoms with Gasteiger partial charge in [-0.2, -0.15) is 0 Å². The van der Waals surface area contributed by atoms with Crippen molar-refractivity contribution < 1.29 is 4.79 Å². The molecule has 0 amide bonds. The van der Waals surface area contributed by atoms with Crippen LogP contribution in [0.3, 0.4) is 0 Å². The van der Waals surface area contributed by atoms with Crippen LogP contribution in [0.4, 0.5) is 5.69 Å². The van der Waals surface area contributed by atoms with Crippen molar-refractivity contribution in [1.82, 2.24) is 0 Å². The van der Waals surface area contributed by atoms with E-state index in [0.29, 0.717) is 17.0 Å². The first-order chi connectivity index (χ1) is 8.56. The summed E-state index contributed by atoms with van der Waals surface area (Å²) in [7, 11) is 0. The fourth-order valence-corrected chi connectivity index (χ4v) is 1.90. The molecule has 0 aliphatic carbocycles. The van der Waals surface area contributed by atoms with Crippen molar-refractivity contribution in [2.75, 3.05) is 5.73 Å². The minimum atomic E-state index is 0.0795. The van der Waals surface area contributed by atoms with Crippen molar-refractivity contribution in [3.8, 4) is 0 Å². The van der Waals surface area contributed by atoms with Crippen molar-refractivity contribution in [3.05, 3.63) is 64.2 Å². The summed E-state index contributed by atoms with van der Waals surface area (Å²) in [5.41, 5.74) is 9.14. The van der Waals surface area contributed by atoms with Gasteiger partial charge in [0.15, 0.2) is 5.78 Å². The first kappa shape index (κ1) is 12.7. The van der Waals surface area contributed by atoms with Gasteiger partial charge < -0.3 is 5.73 Å². The first-order valence-electron chi connectivity index (χ1n) is 5.70. The van der Waals surface area contributed by atoms with Crippen molar-refractivity contribution in [1.29, 1.82) is 0 Å². The molecule has 0 aliphatic heterocycles. The number of hydrogen-bond acceptors (Lipinski definition) is 2. The minimum Gasteiger partial charge on any atom is -0.399 e. The van der Waals surface area contributed by atoms with Crippen LogP contribution in [-0.2, 0) is 6.42 Å². The first-order valence-corrected chi connectivity index (χ1v) is 6.08. The third kappa shape index (κ3) is 2.90. The molecular weight excluding hydrogens is 246 g/mol. The zero-order valence-corrected chi connectivity index (χ0v) is 10.9. The molecule has 18 heavy (non-hydrogen) atoms. The van der Waals surface area contributed by atoms with Gasteiger partial charge in [0.05, 0.1) is 0 Å². The van der Waals surface area contributed by atoms with E-state index in [2.05, 4.69) is 0 Å². The highest BCUT2D eigenvalue weighted by Crippen LogP contribution is 2.16. The SMILES string of the molecule is Cc1cc(CC(=O)c2ccc(Cl)cc2)ccc1N. The molecule has 2 rings (SSSR count). The lowest BCUT2D eigenvalue weighted by atomic mass is 10.0. The molecule has 2 aromatic rings. The van der Waals surface area contributed by atoms with E-state index >= 15 is 0 Å². The molecule has 0 fully saturated rings. The van der Waals surface area contributed by atoms with E-state index in [1.165, 1.54) is 0 Å². The number of nitrogens with two attached hydrogens (primary N) is 1. The Morgan fingerprint density at radius 1 is 1.17 bits per heavy atom. The number of halogens is 1. The van der Waals surface area contributed by atoms with Gasteiger partial charge in [0.25, 0.3) is 0 Å². The predicted octanol–water partition coefficient (Wildman–Crippen LogP) is 3.66. The largest absolute Gasteiger partial charge is 0.399 e. The van der Waals surface area contributed by atoms with E-state index in [-0.39, 0.29) is 5.78 Å². The van der Waals surface area contributed by atoms with E-state index in [9.17, 15) is 4.79 Å². The Morgan fingerprint density at radius 3 is 2.44 bits per heavy atom. The molecule has 0 radical (unpaired) electrons.